The van der Waals surface area contributed by atoms with E-state index < -0.39 is 76.5 Å². The molecule has 4 rings (SSSR count). The van der Waals surface area contributed by atoms with Crippen LogP contribution in [0.1, 0.15) is 34.1 Å². The zero-order valence-electron chi connectivity index (χ0n) is 16.4. The Bertz CT molecular complexity index is 778. The van der Waals surface area contributed by atoms with Crippen molar-refractivity contribution < 1.29 is 39.9 Å². The van der Waals surface area contributed by atoms with Crippen LogP contribution in [0.2, 0.25) is 0 Å². The van der Waals surface area contributed by atoms with Crippen molar-refractivity contribution in [3.63, 3.8) is 0 Å². The van der Waals surface area contributed by atoms with Crippen LogP contribution in [-0.2, 0) is 14.3 Å². The minimum atomic E-state index is -2.10. The van der Waals surface area contributed by atoms with Crippen LogP contribution in [0.3, 0.4) is 0 Å². The molecule has 1 aliphatic heterocycles. The monoisotopic (exact) mass is 396 g/mol. The molecular weight excluding hydrogens is 368 g/mol. The lowest BCUT2D eigenvalue weighted by Gasteiger charge is -2.71. The lowest BCUT2D eigenvalue weighted by Crippen LogP contribution is -2.83. The highest BCUT2D eigenvalue weighted by Gasteiger charge is 2.79. The minimum absolute atomic E-state index is 0.229. The molecule has 2 saturated carbocycles. The number of allylic oxidation sites excluding steroid dienone is 1. The van der Waals surface area contributed by atoms with Crippen molar-refractivity contribution in [2.45, 2.75) is 70.2 Å². The van der Waals surface area contributed by atoms with Gasteiger partial charge in [0.1, 0.15) is 17.8 Å². The zero-order chi connectivity index (χ0) is 21.0. The third kappa shape index (κ3) is 1.89. The van der Waals surface area contributed by atoms with E-state index in [0.717, 1.165) is 0 Å². The molecule has 11 atom stereocenters. The fourth-order valence-corrected chi connectivity index (χ4v) is 7.10. The number of hydrogen-bond acceptors (Lipinski definition) is 8. The quantitative estimate of drug-likeness (QED) is 0.325. The highest BCUT2D eigenvalue weighted by molar-refractivity contribution is 5.96. The Morgan fingerprint density at radius 3 is 2.29 bits per heavy atom. The standard InChI is InChI=1S/C20H28O8/c1-7-5-10(21)15(24)18(3)9(7)6-11-19(4)14(18)13(23)12(22)8(2)20(19,27)16(25)17(26)28-11/h5,8-9,11-16,22-25,27H,6H2,1-4H3. The van der Waals surface area contributed by atoms with Gasteiger partial charge >= 0.3 is 5.97 Å². The molecule has 1 saturated heterocycles. The summed E-state index contributed by atoms with van der Waals surface area (Å²) in [6.45, 7) is 6.49. The number of hydrogen-bond donors (Lipinski definition) is 5. The molecule has 8 heteroatoms. The Morgan fingerprint density at radius 2 is 1.68 bits per heavy atom. The second kappa shape index (κ2) is 5.64. The van der Waals surface area contributed by atoms with Gasteiger partial charge in [0.2, 0.25) is 0 Å². The van der Waals surface area contributed by atoms with E-state index in [1.807, 2.05) is 0 Å². The van der Waals surface area contributed by atoms with Crippen LogP contribution < -0.4 is 0 Å². The second-order valence-electron chi connectivity index (χ2n) is 9.53. The van der Waals surface area contributed by atoms with E-state index in [1.54, 1.807) is 20.8 Å². The van der Waals surface area contributed by atoms with Gasteiger partial charge in [-0.05, 0) is 25.3 Å². The Labute approximate surface area is 162 Å². The first kappa shape index (κ1) is 20.0. The van der Waals surface area contributed by atoms with Crippen molar-refractivity contribution in [1.29, 1.82) is 0 Å². The number of aliphatic hydroxyl groups excluding tert-OH is 4. The fraction of sp³-hybridized carbons (Fsp3) is 0.800. The zero-order valence-corrected chi connectivity index (χ0v) is 16.4. The molecule has 0 bridgehead atoms. The summed E-state index contributed by atoms with van der Waals surface area (Å²) in [7, 11) is 0. The van der Waals surface area contributed by atoms with Crippen LogP contribution >= 0.6 is 0 Å². The number of carbonyl (C=O) groups is 2. The SMILES string of the molecule is CC1=CC(=O)C(O)C2(C)C1CC1OC(=O)C(O)C3(O)C(C)C(O)C(O)C2C13C. The van der Waals surface area contributed by atoms with Gasteiger partial charge in [0.15, 0.2) is 11.9 Å². The topological polar surface area (TPSA) is 145 Å². The normalized spacial score (nSPS) is 58.4. The van der Waals surface area contributed by atoms with Crippen molar-refractivity contribution in [2.24, 2.45) is 28.6 Å². The van der Waals surface area contributed by atoms with Crippen LogP contribution in [0.4, 0.5) is 0 Å². The van der Waals surface area contributed by atoms with Gasteiger partial charge in [0, 0.05) is 22.7 Å². The summed E-state index contributed by atoms with van der Waals surface area (Å²) in [5.74, 6) is -3.94. The highest BCUT2D eigenvalue weighted by atomic mass is 16.6. The lowest BCUT2D eigenvalue weighted by molar-refractivity contribution is -0.356. The third-order valence-electron chi connectivity index (χ3n) is 8.62. The number of aliphatic hydroxyl groups is 5. The predicted molar refractivity (Wildman–Crippen MR) is 94.6 cm³/mol. The molecule has 4 aliphatic rings. The molecular formula is C20H28O8. The first-order valence-corrected chi connectivity index (χ1v) is 9.71. The molecule has 0 amide bonds. The average Bonchev–Trinajstić information content (AvgIpc) is 2.63. The number of fused-ring (bicyclic) bond motifs is 2. The summed E-state index contributed by atoms with van der Waals surface area (Å²) in [6.07, 6.45) is -5.50. The van der Waals surface area contributed by atoms with Crippen LogP contribution in [0, 0.1) is 28.6 Å². The Hall–Kier alpha value is -1.32. The largest absolute Gasteiger partial charge is 0.460 e. The first-order chi connectivity index (χ1) is 12.8. The molecule has 3 fully saturated rings. The van der Waals surface area contributed by atoms with Crippen molar-refractivity contribution in [1.82, 2.24) is 0 Å². The van der Waals surface area contributed by atoms with E-state index in [1.165, 1.54) is 13.0 Å². The molecule has 0 spiro atoms. The van der Waals surface area contributed by atoms with Crippen molar-refractivity contribution >= 4 is 11.8 Å². The van der Waals surface area contributed by atoms with E-state index in [0.29, 0.717) is 5.57 Å². The lowest BCUT2D eigenvalue weighted by atomic mass is 9.36. The number of ether oxygens (including phenoxy) is 1. The molecule has 0 aromatic heterocycles. The van der Waals surface area contributed by atoms with Crippen LogP contribution in [0.5, 0.6) is 0 Å². The second-order valence-corrected chi connectivity index (χ2v) is 9.53. The van der Waals surface area contributed by atoms with Crippen LogP contribution in [0.25, 0.3) is 0 Å². The first-order valence-electron chi connectivity index (χ1n) is 9.71. The molecule has 0 aromatic rings. The summed E-state index contributed by atoms with van der Waals surface area (Å²) < 4.78 is 5.51. The van der Waals surface area contributed by atoms with E-state index in [2.05, 4.69) is 0 Å². The van der Waals surface area contributed by atoms with Gasteiger partial charge in [-0.15, -0.1) is 0 Å². The van der Waals surface area contributed by atoms with Gasteiger partial charge in [-0.3, -0.25) is 4.79 Å². The summed E-state index contributed by atoms with van der Waals surface area (Å²) in [6, 6.07) is 0. The number of rotatable bonds is 0. The maximum atomic E-state index is 12.5. The van der Waals surface area contributed by atoms with Gasteiger partial charge in [-0.25, -0.2) is 4.79 Å². The fourth-order valence-electron chi connectivity index (χ4n) is 7.10. The molecule has 1 heterocycles. The van der Waals surface area contributed by atoms with Crippen molar-refractivity contribution in [3.05, 3.63) is 11.6 Å². The van der Waals surface area contributed by atoms with Gasteiger partial charge in [-0.1, -0.05) is 26.3 Å². The average molecular weight is 396 g/mol. The van der Waals surface area contributed by atoms with Gasteiger partial charge in [-0.2, -0.15) is 0 Å². The van der Waals surface area contributed by atoms with Crippen LogP contribution in [0.15, 0.2) is 11.6 Å². The Kier molecular flexibility index (Phi) is 4.02. The number of esters is 1. The van der Waals surface area contributed by atoms with Gasteiger partial charge < -0.3 is 30.3 Å². The Morgan fingerprint density at radius 1 is 1.07 bits per heavy atom. The maximum absolute atomic E-state index is 12.5. The summed E-state index contributed by atoms with van der Waals surface area (Å²) in [5, 5.41) is 55.0. The van der Waals surface area contributed by atoms with Gasteiger partial charge in [0.25, 0.3) is 0 Å². The van der Waals surface area contributed by atoms with Crippen molar-refractivity contribution in [3.8, 4) is 0 Å². The summed E-state index contributed by atoms with van der Waals surface area (Å²) in [4.78, 5) is 24.8. The number of carbonyl (C=O) groups excluding carboxylic acids is 2. The van der Waals surface area contributed by atoms with E-state index in [-0.39, 0.29) is 6.42 Å². The minimum Gasteiger partial charge on any atom is -0.460 e. The van der Waals surface area contributed by atoms with Crippen LogP contribution in [-0.4, -0.2) is 73.4 Å². The molecule has 0 radical (unpaired) electrons. The molecule has 0 aromatic carbocycles. The molecule has 11 unspecified atom stereocenters. The summed E-state index contributed by atoms with van der Waals surface area (Å²) in [5.41, 5.74) is -4.02. The Balaban J connectivity index is 2.01. The molecule has 156 valence electrons. The summed E-state index contributed by atoms with van der Waals surface area (Å²) >= 11 is 0. The smallest absolute Gasteiger partial charge is 0.338 e. The highest BCUT2D eigenvalue weighted by Crippen LogP contribution is 2.69. The van der Waals surface area contributed by atoms with E-state index in [9.17, 15) is 35.1 Å². The molecule has 28 heavy (non-hydrogen) atoms. The van der Waals surface area contributed by atoms with Gasteiger partial charge in [0.05, 0.1) is 12.2 Å². The van der Waals surface area contributed by atoms with E-state index in [4.69, 9.17) is 4.74 Å². The number of ketones is 1. The molecule has 3 aliphatic carbocycles. The molecule has 5 N–H and O–H groups in total. The third-order valence-corrected chi connectivity index (χ3v) is 8.62. The van der Waals surface area contributed by atoms with Crippen molar-refractivity contribution in [2.75, 3.05) is 0 Å². The van der Waals surface area contributed by atoms with E-state index >= 15 is 0 Å². The predicted octanol–water partition coefficient (Wildman–Crippen LogP) is -1.09. The maximum Gasteiger partial charge on any atom is 0.338 e. The molecule has 8 nitrogen and oxygen atoms in total.